The topological polar surface area (TPSA) is 94.6 Å². The van der Waals surface area contributed by atoms with Gasteiger partial charge in [0.15, 0.2) is 5.82 Å². The van der Waals surface area contributed by atoms with Crippen LogP contribution in [0.5, 0.6) is 0 Å². The highest BCUT2D eigenvalue weighted by Gasteiger charge is 2.15. The largest absolute Gasteiger partial charge is 0.377 e. The summed E-state index contributed by atoms with van der Waals surface area (Å²) in [6.07, 6.45) is 3.36. The number of pyridine rings is 1. The van der Waals surface area contributed by atoms with Gasteiger partial charge in [-0.15, -0.1) is 0 Å². The molecule has 8 nitrogen and oxygen atoms in total. The van der Waals surface area contributed by atoms with Crippen LogP contribution in [0.25, 0.3) is 17.1 Å². The third-order valence-electron chi connectivity index (χ3n) is 4.12. The van der Waals surface area contributed by atoms with Crippen LogP contribution in [-0.4, -0.2) is 32.5 Å². The molecule has 0 saturated carbocycles. The molecule has 1 amide bonds. The molecule has 0 spiro atoms. The maximum absolute atomic E-state index is 12.7. The Morgan fingerprint density at radius 2 is 2.19 bits per heavy atom. The van der Waals surface area contributed by atoms with Crippen molar-refractivity contribution in [2.75, 3.05) is 12.4 Å². The number of hydrogen-bond acceptors (Lipinski definition) is 6. The summed E-state index contributed by atoms with van der Waals surface area (Å²) in [6, 6.07) is 11.1. The van der Waals surface area contributed by atoms with E-state index in [2.05, 4.69) is 20.4 Å². The summed E-state index contributed by atoms with van der Waals surface area (Å²) in [6.45, 7) is 2.19. The molecule has 4 rings (SSSR count). The number of fused-ring (bicyclic) bond motifs is 1. The van der Waals surface area contributed by atoms with Crippen molar-refractivity contribution in [2.24, 2.45) is 0 Å². The van der Waals surface area contributed by atoms with Gasteiger partial charge in [0.1, 0.15) is 17.9 Å². The van der Waals surface area contributed by atoms with Gasteiger partial charge in [-0.25, -0.2) is 4.98 Å². The molecule has 3 heterocycles. The van der Waals surface area contributed by atoms with Gasteiger partial charge in [-0.2, -0.15) is 4.98 Å². The van der Waals surface area contributed by atoms with Crippen LogP contribution < -0.4 is 5.32 Å². The van der Waals surface area contributed by atoms with Crippen molar-refractivity contribution in [2.45, 2.75) is 13.5 Å². The molecule has 0 unspecified atom stereocenters. The lowest BCUT2D eigenvalue weighted by atomic mass is 10.1. The summed E-state index contributed by atoms with van der Waals surface area (Å²) in [5.74, 6) is 0.580. The smallest absolute Gasteiger partial charge is 0.274 e. The first-order valence-electron chi connectivity index (χ1n) is 8.31. The standard InChI is InChI=1S/C19H17N5O3/c1-12-6-7-13(19-22-16(11-26-2)23-27-19)9-14(12)21-18(25)15-10-20-17-5-3-4-8-24(15)17/h3-10H,11H2,1-2H3,(H,21,25). The summed E-state index contributed by atoms with van der Waals surface area (Å²) < 4.78 is 12.0. The van der Waals surface area contributed by atoms with Crippen LogP contribution >= 0.6 is 0 Å². The molecule has 0 fully saturated rings. The highest BCUT2D eigenvalue weighted by atomic mass is 16.5. The van der Waals surface area contributed by atoms with Gasteiger partial charge in [-0.1, -0.05) is 17.3 Å². The molecule has 4 aromatic rings. The number of hydrogen-bond donors (Lipinski definition) is 1. The zero-order chi connectivity index (χ0) is 18.8. The van der Waals surface area contributed by atoms with E-state index in [-0.39, 0.29) is 12.5 Å². The van der Waals surface area contributed by atoms with Gasteiger partial charge < -0.3 is 14.6 Å². The molecule has 27 heavy (non-hydrogen) atoms. The number of nitrogens with one attached hydrogen (secondary N) is 1. The summed E-state index contributed by atoms with van der Waals surface area (Å²) in [5.41, 5.74) is 3.46. The van der Waals surface area contributed by atoms with Crippen LogP contribution in [0.4, 0.5) is 5.69 Å². The summed E-state index contributed by atoms with van der Waals surface area (Å²) >= 11 is 0. The van der Waals surface area contributed by atoms with Gasteiger partial charge in [0.25, 0.3) is 11.8 Å². The van der Waals surface area contributed by atoms with Crippen molar-refractivity contribution in [3.05, 3.63) is 65.9 Å². The second-order valence-corrected chi connectivity index (χ2v) is 6.00. The van der Waals surface area contributed by atoms with E-state index in [1.165, 1.54) is 0 Å². The number of rotatable bonds is 5. The van der Waals surface area contributed by atoms with Gasteiger partial charge in [0.05, 0.1) is 6.20 Å². The van der Waals surface area contributed by atoms with E-state index >= 15 is 0 Å². The molecular weight excluding hydrogens is 346 g/mol. The third-order valence-corrected chi connectivity index (χ3v) is 4.12. The first kappa shape index (κ1) is 16.9. The van der Waals surface area contributed by atoms with Crippen molar-refractivity contribution in [1.82, 2.24) is 19.5 Å². The lowest BCUT2D eigenvalue weighted by Crippen LogP contribution is -2.15. The summed E-state index contributed by atoms with van der Waals surface area (Å²) in [5, 5.41) is 6.79. The molecule has 0 aliphatic carbocycles. The van der Waals surface area contributed by atoms with Crippen molar-refractivity contribution >= 4 is 17.2 Å². The Bertz CT molecular complexity index is 1120. The Labute approximate surface area is 154 Å². The zero-order valence-electron chi connectivity index (χ0n) is 14.8. The number of ether oxygens (including phenoxy) is 1. The predicted molar refractivity (Wildman–Crippen MR) is 98.3 cm³/mol. The quantitative estimate of drug-likeness (QED) is 0.585. The monoisotopic (exact) mass is 363 g/mol. The molecule has 0 atom stereocenters. The van der Waals surface area contributed by atoms with E-state index in [1.54, 1.807) is 30.0 Å². The fraction of sp³-hybridized carbons (Fsp3) is 0.158. The van der Waals surface area contributed by atoms with E-state index in [4.69, 9.17) is 9.26 Å². The second-order valence-electron chi connectivity index (χ2n) is 6.00. The van der Waals surface area contributed by atoms with Crippen molar-refractivity contribution < 1.29 is 14.1 Å². The number of aryl methyl sites for hydroxylation is 1. The van der Waals surface area contributed by atoms with Crippen LogP contribution in [0.15, 0.2) is 53.3 Å². The SMILES string of the molecule is COCc1noc(-c2ccc(C)c(NC(=O)c3cnc4ccccn34)c2)n1. The van der Waals surface area contributed by atoms with Crippen molar-refractivity contribution in [3.8, 4) is 11.5 Å². The molecule has 8 heteroatoms. The van der Waals surface area contributed by atoms with Gasteiger partial charge in [-0.3, -0.25) is 9.20 Å². The van der Waals surface area contributed by atoms with Crippen LogP contribution in [0, 0.1) is 6.92 Å². The number of benzene rings is 1. The third kappa shape index (κ3) is 3.30. The number of imidazole rings is 1. The number of amides is 1. The van der Waals surface area contributed by atoms with Crippen LogP contribution in [0.3, 0.4) is 0 Å². The van der Waals surface area contributed by atoms with Crippen LogP contribution in [-0.2, 0) is 11.3 Å². The minimum atomic E-state index is -0.250. The van der Waals surface area contributed by atoms with Gasteiger partial charge in [-0.05, 0) is 36.8 Å². The summed E-state index contributed by atoms with van der Waals surface area (Å²) in [7, 11) is 1.57. The first-order valence-corrected chi connectivity index (χ1v) is 8.31. The second kappa shape index (κ2) is 7.00. The molecule has 1 aromatic carbocycles. The molecule has 0 saturated heterocycles. The first-order chi connectivity index (χ1) is 13.2. The Morgan fingerprint density at radius 3 is 3.04 bits per heavy atom. The molecular formula is C19H17N5O3. The zero-order valence-corrected chi connectivity index (χ0v) is 14.8. The lowest BCUT2D eigenvalue weighted by Gasteiger charge is -2.09. The Balaban J connectivity index is 1.62. The summed E-state index contributed by atoms with van der Waals surface area (Å²) in [4.78, 5) is 21.3. The normalized spacial score (nSPS) is 11.0. The fourth-order valence-electron chi connectivity index (χ4n) is 2.74. The van der Waals surface area contributed by atoms with Crippen LogP contribution in [0.1, 0.15) is 21.9 Å². The molecule has 1 N–H and O–H groups in total. The van der Waals surface area contributed by atoms with Crippen molar-refractivity contribution in [3.63, 3.8) is 0 Å². The number of aromatic nitrogens is 4. The predicted octanol–water partition coefficient (Wildman–Crippen LogP) is 3.09. The Hall–Kier alpha value is -3.52. The molecule has 0 radical (unpaired) electrons. The number of methoxy groups -OCH3 is 1. The average Bonchev–Trinajstić information content (AvgIpc) is 3.31. The molecule has 0 aliphatic rings. The van der Waals surface area contributed by atoms with Gasteiger partial charge in [0, 0.05) is 24.6 Å². The average molecular weight is 363 g/mol. The van der Waals surface area contributed by atoms with E-state index in [9.17, 15) is 4.79 Å². The lowest BCUT2D eigenvalue weighted by molar-refractivity contribution is 0.102. The molecule has 3 aromatic heterocycles. The maximum Gasteiger partial charge on any atom is 0.274 e. The van der Waals surface area contributed by atoms with Gasteiger partial charge >= 0.3 is 0 Å². The fourth-order valence-corrected chi connectivity index (χ4v) is 2.74. The highest BCUT2D eigenvalue weighted by molar-refractivity contribution is 6.04. The Morgan fingerprint density at radius 1 is 1.30 bits per heavy atom. The molecule has 136 valence electrons. The molecule has 0 aliphatic heterocycles. The van der Waals surface area contributed by atoms with Gasteiger partial charge in [0.2, 0.25) is 0 Å². The van der Waals surface area contributed by atoms with Crippen molar-refractivity contribution in [1.29, 1.82) is 0 Å². The van der Waals surface area contributed by atoms with E-state index in [0.29, 0.717) is 34.3 Å². The number of nitrogens with zero attached hydrogens (tertiary/aromatic N) is 4. The van der Waals surface area contributed by atoms with E-state index in [0.717, 1.165) is 5.56 Å². The Kier molecular flexibility index (Phi) is 4.39. The highest BCUT2D eigenvalue weighted by Crippen LogP contribution is 2.25. The minimum Gasteiger partial charge on any atom is -0.377 e. The number of anilines is 1. The number of carbonyl (C=O) groups excluding carboxylic acids is 1. The maximum atomic E-state index is 12.7. The van der Waals surface area contributed by atoms with E-state index < -0.39 is 0 Å². The van der Waals surface area contributed by atoms with E-state index in [1.807, 2.05) is 37.3 Å². The molecule has 0 bridgehead atoms. The van der Waals surface area contributed by atoms with Crippen LogP contribution in [0.2, 0.25) is 0 Å². The number of carbonyl (C=O) groups is 1. The minimum absolute atomic E-state index is 0.250.